The second-order valence-corrected chi connectivity index (χ2v) is 9.13. The topological polar surface area (TPSA) is 29.5 Å². The van der Waals surface area contributed by atoms with E-state index in [0.29, 0.717) is 27.8 Å². The van der Waals surface area contributed by atoms with E-state index in [0.717, 1.165) is 34.4 Å². The van der Waals surface area contributed by atoms with Gasteiger partial charge in [-0.3, -0.25) is 9.69 Å². The number of rotatable bonds is 5. The van der Waals surface area contributed by atoms with E-state index in [2.05, 4.69) is 0 Å². The quantitative estimate of drug-likeness (QED) is 0.268. The number of thiocarbonyl (C=S) groups is 1. The lowest BCUT2D eigenvalue weighted by Crippen LogP contribution is -2.27. The molecule has 3 aromatic rings. The van der Waals surface area contributed by atoms with E-state index in [4.69, 9.17) is 28.6 Å². The Bertz CT molecular complexity index is 1240. The standard InChI is InChI=1S/C24H15ClF3NO2S2/c25-18-10-8-15(9-11-18)14-31-20-7-2-1-4-16(20)12-21-22(30)29(23(32)33-21)19-6-3-5-17(13-19)24(26,27)28/h1-13H,14H2/b21-12+. The van der Waals surface area contributed by atoms with Crippen LogP contribution in [0.4, 0.5) is 18.9 Å². The molecule has 1 amide bonds. The molecule has 0 N–H and O–H groups in total. The molecule has 0 saturated carbocycles. The molecule has 0 spiro atoms. The van der Waals surface area contributed by atoms with Gasteiger partial charge < -0.3 is 4.74 Å². The first-order chi connectivity index (χ1) is 15.7. The summed E-state index contributed by atoms with van der Waals surface area (Å²) in [5.41, 5.74) is 0.794. The van der Waals surface area contributed by atoms with Crippen molar-refractivity contribution < 1.29 is 22.7 Å². The second-order valence-electron chi connectivity index (χ2n) is 7.02. The van der Waals surface area contributed by atoms with Gasteiger partial charge in [0.15, 0.2) is 4.32 Å². The Hall–Kier alpha value is -2.81. The van der Waals surface area contributed by atoms with Crippen molar-refractivity contribution in [3.8, 4) is 5.75 Å². The number of alkyl halides is 3. The summed E-state index contributed by atoms with van der Waals surface area (Å²) in [6.07, 6.45) is -2.89. The molecule has 1 saturated heterocycles. The van der Waals surface area contributed by atoms with Crippen LogP contribution in [0.2, 0.25) is 5.02 Å². The van der Waals surface area contributed by atoms with Crippen molar-refractivity contribution >= 4 is 57.6 Å². The SMILES string of the molecule is O=C1/C(=C\c2ccccc2OCc2ccc(Cl)cc2)SC(=S)N1c1cccc(C(F)(F)F)c1. The van der Waals surface area contributed by atoms with Crippen molar-refractivity contribution in [2.45, 2.75) is 12.8 Å². The summed E-state index contributed by atoms with van der Waals surface area (Å²) in [6.45, 7) is 0.299. The van der Waals surface area contributed by atoms with Crippen molar-refractivity contribution in [3.63, 3.8) is 0 Å². The van der Waals surface area contributed by atoms with Crippen LogP contribution in [0.15, 0.2) is 77.7 Å². The summed E-state index contributed by atoms with van der Waals surface area (Å²) in [4.78, 5) is 14.4. The molecule has 0 unspecified atom stereocenters. The molecule has 3 nitrogen and oxygen atoms in total. The lowest BCUT2D eigenvalue weighted by molar-refractivity contribution is -0.137. The summed E-state index contributed by atoms with van der Waals surface area (Å²) in [5, 5.41) is 0.627. The molecule has 1 aliphatic heterocycles. The van der Waals surface area contributed by atoms with Crippen LogP contribution in [0.5, 0.6) is 5.75 Å². The Morgan fingerprint density at radius 1 is 1.03 bits per heavy atom. The molecule has 0 aliphatic carbocycles. The second kappa shape index (κ2) is 9.59. The van der Waals surface area contributed by atoms with Gasteiger partial charge in [0.2, 0.25) is 0 Å². The number of halogens is 4. The van der Waals surface area contributed by atoms with E-state index in [9.17, 15) is 18.0 Å². The predicted octanol–water partition coefficient (Wildman–Crippen LogP) is 7.34. The third kappa shape index (κ3) is 5.40. The zero-order chi connectivity index (χ0) is 23.6. The Labute approximate surface area is 202 Å². The first-order valence-electron chi connectivity index (χ1n) is 9.64. The molecule has 168 valence electrons. The normalized spacial score (nSPS) is 15.4. The summed E-state index contributed by atoms with van der Waals surface area (Å²) in [5.74, 6) is 0.0635. The van der Waals surface area contributed by atoms with Gasteiger partial charge in [-0.2, -0.15) is 13.2 Å². The minimum atomic E-state index is -4.52. The number of hydrogen-bond donors (Lipinski definition) is 0. The fourth-order valence-electron chi connectivity index (χ4n) is 3.13. The van der Waals surface area contributed by atoms with E-state index in [-0.39, 0.29) is 10.0 Å². The average molecular weight is 506 g/mol. The highest BCUT2D eigenvalue weighted by Gasteiger charge is 2.36. The number of carbonyl (C=O) groups is 1. The number of nitrogens with zero attached hydrogens (tertiary/aromatic N) is 1. The van der Waals surface area contributed by atoms with Gasteiger partial charge in [-0.05, 0) is 48.0 Å². The molecule has 3 aromatic carbocycles. The molecule has 1 aliphatic rings. The van der Waals surface area contributed by atoms with Gasteiger partial charge in [-0.15, -0.1) is 0 Å². The maximum Gasteiger partial charge on any atom is 0.416 e. The van der Waals surface area contributed by atoms with Gasteiger partial charge >= 0.3 is 6.18 Å². The van der Waals surface area contributed by atoms with Crippen LogP contribution in [0.1, 0.15) is 16.7 Å². The lowest BCUT2D eigenvalue weighted by Gasteiger charge is -2.16. The largest absolute Gasteiger partial charge is 0.488 e. The molecular formula is C24H15ClF3NO2S2. The van der Waals surface area contributed by atoms with Crippen molar-refractivity contribution in [2.24, 2.45) is 0 Å². The van der Waals surface area contributed by atoms with Gasteiger partial charge in [-0.1, -0.05) is 72.0 Å². The first-order valence-corrected chi connectivity index (χ1v) is 11.2. The Balaban J connectivity index is 1.57. The van der Waals surface area contributed by atoms with Crippen LogP contribution in [-0.4, -0.2) is 10.2 Å². The van der Waals surface area contributed by atoms with Gasteiger partial charge in [0, 0.05) is 10.6 Å². The number of anilines is 1. The van der Waals surface area contributed by atoms with Crippen LogP contribution in [0.25, 0.3) is 6.08 Å². The van der Waals surface area contributed by atoms with Crippen molar-refractivity contribution in [2.75, 3.05) is 4.90 Å². The Morgan fingerprint density at radius 3 is 2.48 bits per heavy atom. The van der Waals surface area contributed by atoms with Crippen LogP contribution in [-0.2, 0) is 17.6 Å². The zero-order valence-electron chi connectivity index (χ0n) is 16.8. The summed E-state index contributed by atoms with van der Waals surface area (Å²) in [7, 11) is 0. The Kier molecular flexibility index (Phi) is 6.78. The van der Waals surface area contributed by atoms with Gasteiger partial charge in [0.25, 0.3) is 5.91 Å². The fourth-order valence-corrected chi connectivity index (χ4v) is 4.54. The number of benzene rings is 3. The number of thioether (sulfide) groups is 1. The minimum Gasteiger partial charge on any atom is -0.488 e. The molecular weight excluding hydrogens is 491 g/mol. The van der Waals surface area contributed by atoms with Crippen molar-refractivity contribution in [1.29, 1.82) is 0 Å². The highest BCUT2D eigenvalue weighted by molar-refractivity contribution is 8.27. The smallest absolute Gasteiger partial charge is 0.416 e. The van der Waals surface area contributed by atoms with Gasteiger partial charge in [-0.25, -0.2) is 0 Å². The van der Waals surface area contributed by atoms with Gasteiger partial charge in [0.05, 0.1) is 16.2 Å². The maximum atomic E-state index is 13.1. The summed E-state index contributed by atoms with van der Waals surface area (Å²) < 4.78 is 45.4. The first kappa shape index (κ1) is 23.4. The maximum absolute atomic E-state index is 13.1. The van der Waals surface area contributed by atoms with E-state index in [1.807, 2.05) is 18.2 Å². The molecule has 0 aromatic heterocycles. The van der Waals surface area contributed by atoms with E-state index >= 15 is 0 Å². The fraction of sp³-hybridized carbons (Fsp3) is 0.0833. The molecule has 1 heterocycles. The summed E-state index contributed by atoms with van der Waals surface area (Å²) >= 11 is 12.2. The Morgan fingerprint density at radius 2 is 1.76 bits per heavy atom. The number of carbonyl (C=O) groups excluding carboxylic acids is 1. The van der Waals surface area contributed by atoms with Crippen LogP contribution >= 0.6 is 35.6 Å². The molecule has 33 heavy (non-hydrogen) atoms. The molecule has 0 bridgehead atoms. The molecule has 0 radical (unpaired) electrons. The van der Waals surface area contributed by atoms with Crippen molar-refractivity contribution in [3.05, 3.63) is 99.4 Å². The lowest BCUT2D eigenvalue weighted by atomic mass is 10.1. The van der Waals surface area contributed by atoms with E-state index in [1.165, 1.54) is 12.1 Å². The molecule has 1 fully saturated rings. The van der Waals surface area contributed by atoms with Crippen LogP contribution in [0, 0.1) is 0 Å². The minimum absolute atomic E-state index is 0.0722. The van der Waals surface area contributed by atoms with Gasteiger partial charge in [0.1, 0.15) is 12.4 Å². The highest BCUT2D eigenvalue weighted by atomic mass is 35.5. The predicted molar refractivity (Wildman–Crippen MR) is 129 cm³/mol. The van der Waals surface area contributed by atoms with Crippen LogP contribution in [0.3, 0.4) is 0 Å². The highest BCUT2D eigenvalue weighted by Crippen LogP contribution is 2.39. The number of amides is 1. The van der Waals surface area contributed by atoms with Crippen LogP contribution < -0.4 is 9.64 Å². The third-order valence-corrected chi connectivity index (χ3v) is 6.29. The number of ether oxygens (including phenoxy) is 1. The third-order valence-electron chi connectivity index (χ3n) is 4.74. The van der Waals surface area contributed by atoms with Crippen molar-refractivity contribution in [1.82, 2.24) is 0 Å². The zero-order valence-corrected chi connectivity index (χ0v) is 19.2. The monoisotopic (exact) mass is 505 g/mol. The molecule has 0 atom stereocenters. The van der Waals surface area contributed by atoms with E-state index < -0.39 is 17.6 Å². The van der Waals surface area contributed by atoms with E-state index in [1.54, 1.807) is 36.4 Å². The molecule has 9 heteroatoms. The number of hydrogen-bond acceptors (Lipinski definition) is 4. The number of para-hydroxylation sites is 1. The summed E-state index contributed by atoms with van der Waals surface area (Å²) in [6, 6.07) is 18.9. The average Bonchev–Trinajstić information content (AvgIpc) is 3.06. The molecule has 4 rings (SSSR count).